The summed E-state index contributed by atoms with van der Waals surface area (Å²) in [5.41, 5.74) is 2.17. The van der Waals surface area contributed by atoms with E-state index in [1.807, 2.05) is 12.1 Å². The molecule has 1 aliphatic heterocycles. The van der Waals surface area contributed by atoms with Crippen molar-refractivity contribution in [2.24, 2.45) is 0 Å². The molecule has 2 aliphatic rings. The van der Waals surface area contributed by atoms with Crippen LogP contribution in [0.2, 0.25) is 0 Å². The average Bonchev–Trinajstić information content (AvgIpc) is 3.18. The number of benzene rings is 1. The van der Waals surface area contributed by atoms with Gasteiger partial charge in [-0.3, -0.25) is 9.89 Å². The van der Waals surface area contributed by atoms with Crippen LogP contribution in [0.5, 0.6) is 5.75 Å². The van der Waals surface area contributed by atoms with Crippen LogP contribution < -0.4 is 10.1 Å². The Balaban J connectivity index is 1.55. The Labute approximate surface area is 129 Å². The van der Waals surface area contributed by atoms with Gasteiger partial charge in [-0.1, -0.05) is 12.1 Å². The molecule has 0 unspecified atom stereocenters. The number of amides is 1. The molecule has 0 bridgehead atoms. The number of ether oxygens (including phenoxy) is 1. The molecule has 4 rings (SSSR count). The lowest BCUT2D eigenvalue weighted by Gasteiger charge is -2.22. The van der Waals surface area contributed by atoms with Gasteiger partial charge in [0.1, 0.15) is 11.6 Å². The molecule has 1 fully saturated rings. The lowest BCUT2D eigenvalue weighted by molar-refractivity contribution is -0.116. The third-order valence-electron chi connectivity index (χ3n) is 4.59. The highest BCUT2D eigenvalue weighted by molar-refractivity contribution is 5.94. The van der Waals surface area contributed by atoms with Gasteiger partial charge in [0.15, 0.2) is 0 Å². The van der Waals surface area contributed by atoms with Gasteiger partial charge in [0.05, 0.1) is 12.3 Å². The first-order valence-electron chi connectivity index (χ1n) is 7.89. The molecule has 1 aromatic carbocycles. The largest absolute Gasteiger partial charge is 0.490 e. The molecular weight excluding hydrogens is 278 g/mol. The number of rotatable bonds is 3. The van der Waals surface area contributed by atoms with E-state index in [2.05, 4.69) is 27.6 Å². The van der Waals surface area contributed by atoms with Gasteiger partial charge in [-0.2, -0.15) is 5.10 Å². The molecule has 0 spiro atoms. The molecule has 1 saturated carbocycles. The summed E-state index contributed by atoms with van der Waals surface area (Å²) in [7, 11) is 0. The van der Waals surface area contributed by atoms with Crippen molar-refractivity contribution in [3.63, 3.8) is 0 Å². The standard InChI is InChI=1S/C17H19N3O2/c21-16-9-14(15-10-18-20-17(15)19-16)11-5-7-13(8-6-11)22-12-3-1-2-4-12/h5-8,10,12,14H,1-4,9H2,(H2,18,19,20,21)/t14-/m1/s1. The number of fused-ring (bicyclic) bond motifs is 1. The number of hydrogen-bond donors (Lipinski definition) is 2. The summed E-state index contributed by atoms with van der Waals surface area (Å²) < 4.78 is 6.00. The zero-order chi connectivity index (χ0) is 14.9. The van der Waals surface area contributed by atoms with Crippen molar-refractivity contribution in [3.05, 3.63) is 41.6 Å². The van der Waals surface area contributed by atoms with E-state index in [9.17, 15) is 4.79 Å². The molecule has 5 nitrogen and oxygen atoms in total. The number of anilines is 1. The highest BCUT2D eigenvalue weighted by Gasteiger charge is 2.28. The summed E-state index contributed by atoms with van der Waals surface area (Å²) in [6, 6.07) is 8.15. The number of aromatic nitrogens is 2. The second kappa shape index (κ2) is 5.48. The van der Waals surface area contributed by atoms with Crippen LogP contribution in [0.15, 0.2) is 30.5 Å². The van der Waals surface area contributed by atoms with Crippen LogP contribution in [0.1, 0.15) is 49.1 Å². The first-order chi connectivity index (χ1) is 10.8. The fourth-order valence-electron chi connectivity index (χ4n) is 3.42. The molecule has 1 atom stereocenters. The summed E-state index contributed by atoms with van der Waals surface area (Å²) in [4.78, 5) is 11.8. The maximum atomic E-state index is 11.8. The fraction of sp³-hybridized carbons (Fsp3) is 0.412. The van der Waals surface area contributed by atoms with E-state index >= 15 is 0 Å². The van der Waals surface area contributed by atoms with Gasteiger partial charge in [0, 0.05) is 17.9 Å². The Hall–Kier alpha value is -2.30. The van der Waals surface area contributed by atoms with E-state index in [0.717, 1.165) is 29.7 Å². The molecule has 0 saturated heterocycles. The van der Waals surface area contributed by atoms with Crippen LogP contribution in [0, 0.1) is 0 Å². The maximum absolute atomic E-state index is 11.8. The van der Waals surface area contributed by atoms with E-state index in [1.54, 1.807) is 6.20 Å². The minimum absolute atomic E-state index is 0.0213. The van der Waals surface area contributed by atoms with Crippen LogP contribution in [0.25, 0.3) is 0 Å². The highest BCUT2D eigenvalue weighted by atomic mass is 16.5. The van der Waals surface area contributed by atoms with Crippen LogP contribution >= 0.6 is 0 Å². The minimum Gasteiger partial charge on any atom is -0.490 e. The SMILES string of the molecule is O=C1C[C@H](c2ccc(OC3CCCC3)cc2)c2cn[nH]c2N1. The molecule has 22 heavy (non-hydrogen) atoms. The zero-order valence-electron chi connectivity index (χ0n) is 12.3. The van der Waals surface area contributed by atoms with Crippen molar-refractivity contribution in [3.8, 4) is 5.75 Å². The number of H-pyrrole nitrogens is 1. The molecule has 114 valence electrons. The molecular formula is C17H19N3O2. The minimum atomic E-state index is 0.0213. The van der Waals surface area contributed by atoms with Gasteiger partial charge in [-0.25, -0.2) is 0 Å². The van der Waals surface area contributed by atoms with Crippen LogP contribution in [-0.4, -0.2) is 22.2 Å². The average molecular weight is 297 g/mol. The Kier molecular flexibility index (Phi) is 3.33. The van der Waals surface area contributed by atoms with Crippen molar-refractivity contribution in [2.75, 3.05) is 5.32 Å². The van der Waals surface area contributed by atoms with Crippen molar-refractivity contribution in [2.45, 2.75) is 44.1 Å². The summed E-state index contributed by atoms with van der Waals surface area (Å²) in [6.07, 6.45) is 7.46. The highest BCUT2D eigenvalue weighted by Crippen LogP contribution is 2.36. The Morgan fingerprint density at radius 1 is 1.14 bits per heavy atom. The molecule has 2 heterocycles. The number of nitrogens with zero attached hydrogens (tertiary/aromatic N) is 1. The van der Waals surface area contributed by atoms with Crippen LogP contribution in [0.3, 0.4) is 0 Å². The lowest BCUT2D eigenvalue weighted by Crippen LogP contribution is -2.22. The zero-order valence-corrected chi connectivity index (χ0v) is 12.3. The third kappa shape index (κ3) is 2.47. The summed E-state index contributed by atoms with van der Waals surface area (Å²) in [5, 5.41) is 9.69. The monoisotopic (exact) mass is 297 g/mol. The van der Waals surface area contributed by atoms with Gasteiger partial charge in [0.2, 0.25) is 5.91 Å². The van der Waals surface area contributed by atoms with Crippen LogP contribution in [0.4, 0.5) is 5.82 Å². The Morgan fingerprint density at radius 3 is 2.68 bits per heavy atom. The Bertz CT molecular complexity index is 671. The van der Waals surface area contributed by atoms with Crippen molar-refractivity contribution < 1.29 is 9.53 Å². The quantitative estimate of drug-likeness (QED) is 0.914. The topological polar surface area (TPSA) is 67.0 Å². The molecule has 0 radical (unpaired) electrons. The summed E-state index contributed by atoms with van der Waals surface area (Å²) in [5.74, 6) is 1.71. The van der Waals surface area contributed by atoms with E-state index in [1.165, 1.54) is 12.8 Å². The van der Waals surface area contributed by atoms with Crippen molar-refractivity contribution >= 4 is 11.7 Å². The fourth-order valence-corrected chi connectivity index (χ4v) is 3.42. The number of carbonyl (C=O) groups excluding carboxylic acids is 1. The predicted octanol–water partition coefficient (Wildman–Crippen LogP) is 3.21. The van der Waals surface area contributed by atoms with Crippen molar-refractivity contribution in [1.82, 2.24) is 10.2 Å². The number of aromatic amines is 1. The molecule has 1 amide bonds. The first-order valence-corrected chi connectivity index (χ1v) is 7.89. The lowest BCUT2D eigenvalue weighted by atomic mass is 9.87. The van der Waals surface area contributed by atoms with Gasteiger partial charge < -0.3 is 10.1 Å². The van der Waals surface area contributed by atoms with E-state index < -0.39 is 0 Å². The van der Waals surface area contributed by atoms with Crippen LogP contribution in [-0.2, 0) is 4.79 Å². The third-order valence-corrected chi connectivity index (χ3v) is 4.59. The summed E-state index contributed by atoms with van der Waals surface area (Å²) in [6.45, 7) is 0. The smallest absolute Gasteiger partial charge is 0.226 e. The van der Waals surface area contributed by atoms with Gasteiger partial charge >= 0.3 is 0 Å². The number of nitrogens with one attached hydrogen (secondary N) is 2. The molecule has 5 heteroatoms. The molecule has 1 aromatic heterocycles. The molecule has 2 N–H and O–H groups in total. The first kappa shape index (κ1) is 13.4. The second-order valence-electron chi connectivity index (χ2n) is 6.10. The van der Waals surface area contributed by atoms with Crippen molar-refractivity contribution in [1.29, 1.82) is 0 Å². The van der Waals surface area contributed by atoms with E-state index in [4.69, 9.17) is 4.74 Å². The van der Waals surface area contributed by atoms with E-state index in [-0.39, 0.29) is 11.8 Å². The number of carbonyl (C=O) groups is 1. The second-order valence-corrected chi connectivity index (χ2v) is 6.10. The predicted molar refractivity (Wildman–Crippen MR) is 83.0 cm³/mol. The number of hydrogen-bond acceptors (Lipinski definition) is 3. The van der Waals surface area contributed by atoms with Gasteiger partial charge in [0.25, 0.3) is 0 Å². The Morgan fingerprint density at radius 2 is 1.91 bits per heavy atom. The summed E-state index contributed by atoms with van der Waals surface area (Å²) >= 11 is 0. The normalized spacial score (nSPS) is 21.5. The maximum Gasteiger partial charge on any atom is 0.226 e. The van der Waals surface area contributed by atoms with Gasteiger partial charge in [-0.05, 0) is 43.4 Å². The molecule has 2 aromatic rings. The van der Waals surface area contributed by atoms with E-state index in [0.29, 0.717) is 18.3 Å². The molecule has 1 aliphatic carbocycles. The van der Waals surface area contributed by atoms with Gasteiger partial charge in [-0.15, -0.1) is 0 Å².